The summed E-state index contributed by atoms with van der Waals surface area (Å²) in [6.45, 7) is -0.0847. The van der Waals surface area contributed by atoms with E-state index in [9.17, 15) is 13.2 Å². The van der Waals surface area contributed by atoms with Crippen LogP contribution in [0.5, 0.6) is 0 Å². The normalized spacial score (nSPS) is 7.81. The second-order valence-electron chi connectivity index (χ2n) is 3.93. The predicted molar refractivity (Wildman–Crippen MR) is 105 cm³/mol. The Balaban J connectivity index is -0.0000000406. The first-order valence-corrected chi connectivity index (χ1v) is 7.03. The van der Waals surface area contributed by atoms with Gasteiger partial charge in [-0.05, 0) is 17.7 Å². The molecule has 0 saturated carbocycles. The average molecular weight is 682 g/mol. The molecule has 0 aliphatic rings. The molecule has 0 aliphatic heterocycles. The van der Waals surface area contributed by atoms with Crippen molar-refractivity contribution in [3.05, 3.63) is 53.3 Å². The summed E-state index contributed by atoms with van der Waals surface area (Å²) in [5.41, 5.74) is 0.802. The first-order valence-electron chi connectivity index (χ1n) is 7.03. The van der Waals surface area contributed by atoms with Crippen LogP contribution in [0.3, 0.4) is 0 Å². The van der Waals surface area contributed by atoms with Gasteiger partial charge in [-0.25, -0.2) is 13.2 Å². The molecule has 8 nitrogen and oxygen atoms in total. The van der Waals surface area contributed by atoms with Gasteiger partial charge in [-0.2, -0.15) is 0 Å². The van der Waals surface area contributed by atoms with E-state index < -0.39 is 13.5 Å². The van der Waals surface area contributed by atoms with Crippen LogP contribution in [-0.2, 0) is 129 Å². The Morgan fingerprint density at radius 1 is 0.645 bits per heavy atom. The molecule has 0 aliphatic carbocycles. The molecule has 1 aromatic rings. The van der Waals surface area contributed by atoms with Crippen LogP contribution in [0.1, 0.15) is 27.8 Å². The van der Waals surface area contributed by atoms with Crippen molar-refractivity contribution in [1.29, 1.82) is 0 Å². The molecule has 0 unspecified atom stereocenters. The maximum absolute atomic E-state index is 12.2. The standard InChI is InChI=1S/C7H7FNO.C5H11FNO3.C2H5FNO.3CH4.3Y/c8-7-3-1-6(2-4-7)5-10-9;6-5-9-2-1-8-3-4-10-7;3-1-2-5-4;;;;;;/h1-4,9H,5H2;7H,1-5H2;4H,1-2H2;3*1H4;;;/q3*-1;;;;;;/i8-1;6-1;3-1;;;;;;. The largest absolute Gasteiger partial charge is 0.549 e. The Morgan fingerprint density at radius 3 is 1.45 bits per heavy atom. The smallest absolute Gasteiger partial charge is 0.188 e. The second-order valence-corrected chi connectivity index (χ2v) is 3.93. The fourth-order valence-corrected chi connectivity index (χ4v) is 1.08. The topological polar surface area (TPSA) is 118 Å². The molecular weight excluding hydrogens is 647 g/mol. The molecule has 0 atom stereocenters. The number of hydrogen-bond acceptors (Lipinski definition) is 5. The first kappa shape index (κ1) is 54.1. The second kappa shape index (κ2) is 49.2. The zero-order valence-corrected chi connectivity index (χ0v) is 23.9. The minimum atomic E-state index is -0.779. The van der Waals surface area contributed by atoms with E-state index in [0.29, 0.717) is 13.2 Å². The number of nitrogens with one attached hydrogen (secondary N) is 3. The minimum absolute atomic E-state index is 0. The maximum Gasteiger partial charge on any atom is 0.188 e. The van der Waals surface area contributed by atoms with Gasteiger partial charge in [0.1, 0.15) is 12.5 Å². The molecule has 0 saturated heterocycles. The van der Waals surface area contributed by atoms with E-state index in [2.05, 4.69) is 19.2 Å². The van der Waals surface area contributed by atoms with Crippen molar-refractivity contribution in [3.63, 3.8) is 0 Å². The number of halogens is 3. The summed E-state index contributed by atoms with van der Waals surface area (Å²) < 4.78 is 43.4. The van der Waals surface area contributed by atoms with Crippen molar-refractivity contribution in [2.24, 2.45) is 0 Å². The molecule has 0 bridgehead atoms. The number of ether oxygens (including phenoxy) is 2. The van der Waals surface area contributed by atoms with Gasteiger partial charge >= 0.3 is 0 Å². The van der Waals surface area contributed by atoms with E-state index in [-0.39, 0.29) is 153 Å². The zero-order chi connectivity index (χ0) is 19.2. The Hall–Kier alpha value is 2.00. The van der Waals surface area contributed by atoms with Crippen LogP contribution < -0.4 is 0 Å². The number of hydrogen-bond donors (Lipinski definition) is 0. The van der Waals surface area contributed by atoms with Crippen molar-refractivity contribution >= 4 is 0 Å². The summed E-state index contributed by atoms with van der Waals surface area (Å²) in [7, 11) is 0. The van der Waals surface area contributed by atoms with Gasteiger partial charge in [0.2, 0.25) is 0 Å². The molecule has 0 aromatic heterocycles. The summed E-state index contributed by atoms with van der Waals surface area (Å²) in [4.78, 5) is 11.6. The van der Waals surface area contributed by atoms with Crippen LogP contribution in [0.2, 0.25) is 0 Å². The molecule has 181 valence electrons. The maximum atomic E-state index is 12.2. The van der Waals surface area contributed by atoms with E-state index in [1.54, 1.807) is 12.1 Å². The van der Waals surface area contributed by atoms with E-state index >= 15 is 0 Å². The van der Waals surface area contributed by atoms with Crippen LogP contribution in [0.4, 0.5) is 13.2 Å². The Kier molecular flexibility index (Phi) is 85.8. The Labute approximate surface area is 261 Å². The molecule has 31 heavy (non-hydrogen) atoms. The van der Waals surface area contributed by atoms with Crippen molar-refractivity contribution < 1.29 is 135 Å². The minimum Gasteiger partial charge on any atom is -0.549 e. The van der Waals surface area contributed by atoms with Crippen LogP contribution >= 0.6 is 0 Å². The van der Waals surface area contributed by atoms with Gasteiger partial charge in [-0.1, -0.05) is 34.4 Å². The monoisotopic (exact) mass is 682 g/mol. The average Bonchev–Trinajstić information content (AvgIpc) is 2.62. The van der Waals surface area contributed by atoms with Crippen molar-refractivity contribution in [2.45, 2.75) is 28.9 Å². The van der Waals surface area contributed by atoms with Crippen LogP contribution in [-0.4, -0.2) is 46.6 Å². The van der Waals surface area contributed by atoms with Gasteiger partial charge in [0.15, 0.2) is 6.86 Å². The quantitative estimate of drug-likeness (QED) is 0.207. The van der Waals surface area contributed by atoms with Gasteiger partial charge in [-0.15, -0.1) is 0 Å². The molecule has 0 spiro atoms. The summed E-state index contributed by atoms with van der Waals surface area (Å²) in [5, 5.41) is 0. The molecule has 3 radical (unpaired) electrons. The third kappa shape index (κ3) is 50.0. The van der Waals surface area contributed by atoms with Gasteiger partial charge < -0.3 is 41.7 Å². The molecule has 0 fully saturated rings. The number of benzene rings is 1. The third-order valence-corrected chi connectivity index (χ3v) is 2.11. The molecule has 14 heteroatoms. The predicted octanol–water partition coefficient (Wildman–Crippen LogP) is 6.08. The van der Waals surface area contributed by atoms with Crippen molar-refractivity contribution in [3.8, 4) is 0 Å². The van der Waals surface area contributed by atoms with Gasteiger partial charge in [-0.3, -0.25) is 0 Å². The summed E-state index contributed by atoms with van der Waals surface area (Å²) in [5.74, 6) is 18.2. The van der Waals surface area contributed by atoms with Crippen LogP contribution in [0.25, 0.3) is 17.7 Å². The summed E-state index contributed by atoms with van der Waals surface area (Å²) >= 11 is 0. The zero-order valence-electron chi connectivity index (χ0n) is 15.4. The Morgan fingerprint density at radius 2 is 1.10 bits per heavy atom. The van der Waals surface area contributed by atoms with E-state index in [1.165, 1.54) is 12.1 Å². The molecule has 1 rings (SSSR count). The van der Waals surface area contributed by atoms with Crippen molar-refractivity contribution in [1.82, 2.24) is 0 Å². The molecular formula is C17H35F3N3O5Y3-3. The fraction of sp³-hybridized carbons (Fsp3) is 0.647. The van der Waals surface area contributed by atoms with Gasteiger partial charge in [0.25, 0.3) is 0 Å². The van der Waals surface area contributed by atoms with E-state index in [1.807, 2.05) is 0 Å². The number of alkyl halides is 2. The van der Waals surface area contributed by atoms with E-state index in [0.717, 1.165) is 5.56 Å². The Bertz CT molecular complexity index is 371. The molecule has 0 heterocycles. The first-order chi connectivity index (χ1) is 12.2. The van der Waals surface area contributed by atoms with E-state index in [4.69, 9.17) is 22.4 Å². The summed E-state index contributed by atoms with van der Waals surface area (Å²) in [6, 6.07) is 5.86. The van der Waals surface area contributed by atoms with Gasteiger partial charge in [0.05, 0.1) is 33.0 Å². The number of rotatable bonds is 11. The molecule has 1 aromatic carbocycles. The molecule has 3 N–H and O–H groups in total. The fourth-order valence-electron chi connectivity index (χ4n) is 1.08. The van der Waals surface area contributed by atoms with Crippen molar-refractivity contribution in [2.75, 3.05) is 46.6 Å². The van der Waals surface area contributed by atoms with Crippen LogP contribution in [0.15, 0.2) is 24.3 Å². The van der Waals surface area contributed by atoms with Crippen LogP contribution in [0, 0.1) is 5.82 Å². The van der Waals surface area contributed by atoms with Gasteiger partial charge in [0, 0.05) is 105 Å². The third-order valence-electron chi connectivity index (χ3n) is 2.11. The SMILES string of the molecule is C.C.C.[NH-]OCCOCCOC[18F].[NH-]OCC[18F].[NH-]OCc1ccc([18F])cc1.[Y].[Y].[Y]. The molecule has 0 amide bonds. The summed E-state index contributed by atoms with van der Waals surface area (Å²) in [6.07, 6.45) is 0.